The maximum absolute atomic E-state index is 12.8. The van der Waals surface area contributed by atoms with E-state index in [1.807, 2.05) is 78.9 Å². The summed E-state index contributed by atoms with van der Waals surface area (Å²) in [7, 11) is 0. The number of aryl methyl sites for hydroxylation is 1. The molecule has 1 amide bonds. The Morgan fingerprint density at radius 3 is 2.42 bits per heavy atom. The predicted octanol–water partition coefficient (Wildman–Crippen LogP) is 4.50. The van der Waals surface area contributed by atoms with Gasteiger partial charge in [-0.25, -0.2) is 0 Å². The lowest BCUT2D eigenvalue weighted by Gasteiger charge is -2.15. The molecule has 33 heavy (non-hydrogen) atoms. The summed E-state index contributed by atoms with van der Waals surface area (Å²) in [5.74, 6) is 2.06. The number of carbonyl (C=O) groups excluding carboxylic acids is 1. The number of hydrogen-bond acceptors (Lipinski definition) is 6. The van der Waals surface area contributed by atoms with Crippen LogP contribution in [-0.2, 0) is 17.6 Å². The zero-order chi connectivity index (χ0) is 22.5. The molecule has 1 aliphatic heterocycles. The Morgan fingerprint density at radius 2 is 1.64 bits per heavy atom. The minimum absolute atomic E-state index is 0.0670. The molecule has 0 bridgehead atoms. The van der Waals surface area contributed by atoms with E-state index < -0.39 is 6.04 Å². The van der Waals surface area contributed by atoms with Crippen LogP contribution >= 0.6 is 0 Å². The molecule has 1 N–H and O–H groups in total. The smallest absolute Gasteiger partial charge is 0.249 e. The lowest BCUT2D eigenvalue weighted by atomic mass is 10.0. The fourth-order valence-corrected chi connectivity index (χ4v) is 3.75. The van der Waals surface area contributed by atoms with Gasteiger partial charge in [-0.1, -0.05) is 65.8 Å². The van der Waals surface area contributed by atoms with Crippen molar-refractivity contribution in [2.45, 2.75) is 25.3 Å². The fourth-order valence-electron chi connectivity index (χ4n) is 3.75. The standard InChI is InChI=1S/C26H23N3O4/c30-24(14-11-18-7-3-1-4-8-18)27-21(15-19-9-5-2-6-10-19)26-28-25(29-33-26)20-12-13-22-23(16-20)32-17-31-22/h1-10,12-13,16,21H,11,14-15,17H2,(H,27,30). The zero-order valence-corrected chi connectivity index (χ0v) is 17.9. The van der Waals surface area contributed by atoms with E-state index in [-0.39, 0.29) is 12.7 Å². The third-order valence-corrected chi connectivity index (χ3v) is 5.47. The average molecular weight is 441 g/mol. The molecule has 3 aromatic carbocycles. The van der Waals surface area contributed by atoms with Crippen molar-refractivity contribution in [3.63, 3.8) is 0 Å². The Kier molecular flexibility index (Phi) is 6.01. The number of ether oxygens (including phenoxy) is 2. The highest BCUT2D eigenvalue weighted by Crippen LogP contribution is 2.35. The summed E-state index contributed by atoms with van der Waals surface area (Å²) in [5, 5.41) is 7.22. The number of fused-ring (bicyclic) bond motifs is 1. The number of rotatable bonds is 8. The SMILES string of the molecule is O=C(CCc1ccccc1)NC(Cc1ccccc1)c1nc(-c2ccc3c(c2)OCO3)no1. The molecule has 0 saturated heterocycles. The lowest BCUT2D eigenvalue weighted by molar-refractivity contribution is -0.122. The highest BCUT2D eigenvalue weighted by molar-refractivity contribution is 5.76. The summed E-state index contributed by atoms with van der Waals surface area (Å²) in [5.41, 5.74) is 2.94. The van der Waals surface area contributed by atoms with E-state index in [4.69, 9.17) is 14.0 Å². The van der Waals surface area contributed by atoms with Gasteiger partial charge in [-0.05, 0) is 35.7 Å². The number of benzene rings is 3. The Labute approximate surface area is 191 Å². The summed E-state index contributed by atoms with van der Waals surface area (Å²) in [6, 6.07) is 24.9. The van der Waals surface area contributed by atoms with E-state index in [0.717, 1.165) is 16.7 Å². The first kappa shape index (κ1) is 20.8. The highest BCUT2D eigenvalue weighted by atomic mass is 16.7. The highest BCUT2D eigenvalue weighted by Gasteiger charge is 2.23. The van der Waals surface area contributed by atoms with Crippen LogP contribution in [0.4, 0.5) is 0 Å². The second-order valence-electron chi connectivity index (χ2n) is 7.82. The Bertz CT molecular complexity index is 1220. The molecule has 1 unspecified atom stereocenters. The van der Waals surface area contributed by atoms with Gasteiger partial charge in [0.1, 0.15) is 6.04 Å². The largest absolute Gasteiger partial charge is 0.454 e. The molecular weight excluding hydrogens is 418 g/mol. The van der Waals surface area contributed by atoms with E-state index in [2.05, 4.69) is 15.5 Å². The van der Waals surface area contributed by atoms with Crippen molar-refractivity contribution >= 4 is 5.91 Å². The van der Waals surface area contributed by atoms with Crippen molar-refractivity contribution in [3.05, 3.63) is 95.9 Å². The van der Waals surface area contributed by atoms with Gasteiger partial charge in [-0.15, -0.1) is 0 Å². The summed E-state index contributed by atoms with van der Waals surface area (Å²) in [6.07, 6.45) is 1.58. The van der Waals surface area contributed by atoms with Gasteiger partial charge in [-0.3, -0.25) is 4.79 Å². The van der Waals surface area contributed by atoms with E-state index in [0.29, 0.717) is 42.5 Å². The van der Waals surface area contributed by atoms with Crippen molar-refractivity contribution in [2.75, 3.05) is 6.79 Å². The third-order valence-electron chi connectivity index (χ3n) is 5.47. The molecule has 4 aromatic rings. The first-order valence-corrected chi connectivity index (χ1v) is 10.9. The molecule has 2 heterocycles. The molecule has 166 valence electrons. The van der Waals surface area contributed by atoms with E-state index in [9.17, 15) is 4.79 Å². The van der Waals surface area contributed by atoms with Crippen LogP contribution < -0.4 is 14.8 Å². The molecular formula is C26H23N3O4. The van der Waals surface area contributed by atoms with Gasteiger partial charge in [0.25, 0.3) is 0 Å². The van der Waals surface area contributed by atoms with Crippen molar-refractivity contribution in [2.24, 2.45) is 0 Å². The number of carbonyl (C=O) groups is 1. The maximum Gasteiger partial charge on any atom is 0.249 e. The van der Waals surface area contributed by atoms with Crippen LogP contribution in [0.25, 0.3) is 11.4 Å². The van der Waals surface area contributed by atoms with Gasteiger partial charge in [0.05, 0.1) is 0 Å². The molecule has 0 fully saturated rings. The van der Waals surface area contributed by atoms with Crippen LogP contribution in [-0.4, -0.2) is 22.8 Å². The molecule has 0 saturated carbocycles. The second-order valence-corrected chi connectivity index (χ2v) is 7.82. The number of aromatic nitrogens is 2. The topological polar surface area (TPSA) is 86.5 Å². The minimum atomic E-state index is -0.439. The molecule has 0 radical (unpaired) electrons. The van der Waals surface area contributed by atoms with Gasteiger partial charge in [0, 0.05) is 18.4 Å². The molecule has 5 rings (SSSR count). The molecule has 1 aromatic heterocycles. The van der Waals surface area contributed by atoms with Crippen molar-refractivity contribution in [3.8, 4) is 22.9 Å². The molecule has 7 nitrogen and oxygen atoms in total. The van der Waals surface area contributed by atoms with Gasteiger partial charge >= 0.3 is 0 Å². The van der Waals surface area contributed by atoms with Crippen molar-refractivity contribution < 1.29 is 18.8 Å². The van der Waals surface area contributed by atoms with Crippen molar-refractivity contribution in [1.29, 1.82) is 0 Å². The average Bonchev–Trinajstić information content (AvgIpc) is 3.53. The minimum Gasteiger partial charge on any atom is -0.454 e. The van der Waals surface area contributed by atoms with Gasteiger partial charge in [0.2, 0.25) is 24.4 Å². The summed E-state index contributed by atoms with van der Waals surface area (Å²) in [6.45, 7) is 0.199. The number of hydrogen-bond donors (Lipinski definition) is 1. The normalized spacial score (nSPS) is 13.0. The quantitative estimate of drug-likeness (QED) is 0.433. The van der Waals surface area contributed by atoms with Crippen LogP contribution in [0.15, 0.2) is 83.4 Å². The lowest BCUT2D eigenvalue weighted by Crippen LogP contribution is -2.30. The second kappa shape index (κ2) is 9.56. The van der Waals surface area contributed by atoms with E-state index in [1.165, 1.54) is 0 Å². The monoisotopic (exact) mass is 441 g/mol. The van der Waals surface area contributed by atoms with E-state index in [1.54, 1.807) is 0 Å². The summed E-state index contributed by atoms with van der Waals surface area (Å²) in [4.78, 5) is 17.3. The van der Waals surface area contributed by atoms with Crippen LogP contribution in [0, 0.1) is 0 Å². The first-order valence-electron chi connectivity index (χ1n) is 10.9. The summed E-state index contributed by atoms with van der Waals surface area (Å²) < 4.78 is 16.4. The molecule has 1 atom stereocenters. The van der Waals surface area contributed by atoms with Gasteiger partial charge in [0.15, 0.2) is 11.5 Å². The molecule has 0 aliphatic carbocycles. The number of nitrogens with one attached hydrogen (secondary N) is 1. The van der Waals surface area contributed by atoms with Gasteiger partial charge < -0.3 is 19.3 Å². The van der Waals surface area contributed by atoms with Gasteiger partial charge in [-0.2, -0.15) is 4.98 Å². The Morgan fingerprint density at radius 1 is 0.909 bits per heavy atom. The molecule has 7 heteroatoms. The van der Waals surface area contributed by atoms with Crippen molar-refractivity contribution in [1.82, 2.24) is 15.5 Å². The van der Waals surface area contributed by atoms with Crippen LogP contribution in [0.5, 0.6) is 11.5 Å². The van der Waals surface area contributed by atoms with E-state index >= 15 is 0 Å². The summed E-state index contributed by atoms with van der Waals surface area (Å²) >= 11 is 0. The Balaban J connectivity index is 1.33. The Hall–Kier alpha value is -4.13. The number of amides is 1. The third kappa shape index (κ3) is 5.03. The number of nitrogens with zero attached hydrogens (tertiary/aromatic N) is 2. The maximum atomic E-state index is 12.8. The fraction of sp³-hybridized carbons (Fsp3) is 0.192. The zero-order valence-electron chi connectivity index (χ0n) is 17.9. The van der Waals surface area contributed by atoms with Crippen LogP contribution in [0.3, 0.4) is 0 Å². The van der Waals surface area contributed by atoms with Crippen LogP contribution in [0.2, 0.25) is 0 Å². The molecule has 0 spiro atoms. The predicted molar refractivity (Wildman–Crippen MR) is 122 cm³/mol. The first-order chi connectivity index (χ1) is 16.2. The molecule has 1 aliphatic rings. The van der Waals surface area contributed by atoms with Crippen LogP contribution in [0.1, 0.15) is 29.5 Å².